The molecule has 150 valence electrons. The Kier molecular flexibility index (Phi) is 4.87. The summed E-state index contributed by atoms with van der Waals surface area (Å²) in [6.45, 7) is 0. The van der Waals surface area contributed by atoms with Crippen molar-refractivity contribution in [2.45, 2.75) is 22.1 Å². The molecular weight excluding hydrogens is 420 g/mol. The van der Waals surface area contributed by atoms with Gasteiger partial charge in [-0.15, -0.1) is 11.3 Å². The van der Waals surface area contributed by atoms with Gasteiger partial charge in [0.15, 0.2) is 0 Å². The van der Waals surface area contributed by atoms with Crippen LogP contribution in [0, 0.1) is 11.6 Å². The molecule has 0 aliphatic carbocycles. The van der Waals surface area contributed by atoms with E-state index in [2.05, 4.69) is 5.32 Å². The summed E-state index contributed by atoms with van der Waals surface area (Å²) in [6, 6.07) is 9.31. The average Bonchev–Trinajstić information content (AvgIpc) is 3.12. The van der Waals surface area contributed by atoms with Gasteiger partial charge in [-0.3, -0.25) is 4.79 Å². The first-order valence-corrected chi connectivity index (χ1v) is 10.9. The first-order valence-electron chi connectivity index (χ1n) is 8.57. The van der Waals surface area contributed by atoms with E-state index in [4.69, 9.17) is 4.74 Å². The number of hydrogen-bond acceptors (Lipinski definition) is 5. The number of carbonyl (C=O) groups is 1. The van der Waals surface area contributed by atoms with E-state index in [1.54, 1.807) is 0 Å². The van der Waals surface area contributed by atoms with Crippen LogP contribution in [0.1, 0.15) is 22.8 Å². The van der Waals surface area contributed by atoms with Crippen LogP contribution in [0.3, 0.4) is 0 Å². The van der Waals surface area contributed by atoms with Crippen molar-refractivity contribution in [2.75, 3.05) is 12.4 Å². The van der Waals surface area contributed by atoms with E-state index in [0.717, 1.165) is 23.5 Å². The lowest BCUT2D eigenvalue weighted by atomic mass is 9.90. The average molecular weight is 435 g/mol. The van der Waals surface area contributed by atoms with Crippen LogP contribution in [0.2, 0.25) is 0 Å². The summed E-state index contributed by atoms with van der Waals surface area (Å²) in [5.41, 5.74) is -0.159. The third kappa shape index (κ3) is 3.30. The molecule has 0 radical (unpaired) electrons. The molecule has 1 N–H and O–H groups in total. The molecule has 0 bridgehead atoms. The van der Waals surface area contributed by atoms with Gasteiger partial charge in [0.1, 0.15) is 22.3 Å². The number of anilines is 1. The molecule has 1 unspecified atom stereocenters. The second-order valence-electron chi connectivity index (χ2n) is 6.46. The molecule has 4 rings (SSSR count). The summed E-state index contributed by atoms with van der Waals surface area (Å²) < 4.78 is 59.9. The zero-order valence-corrected chi connectivity index (χ0v) is 16.7. The number of rotatable bonds is 4. The Hall–Kier alpha value is -2.78. The zero-order chi connectivity index (χ0) is 20.8. The normalized spacial score (nSPS) is 16.2. The van der Waals surface area contributed by atoms with Crippen LogP contribution in [0.5, 0.6) is 5.75 Å². The highest BCUT2D eigenvalue weighted by Crippen LogP contribution is 2.46. The first-order chi connectivity index (χ1) is 13.8. The maximum atomic E-state index is 14.3. The summed E-state index contributed by atoms with van der Waals surface area (Å²) in [5.74, 6) is -2.45. The Morgan fingerprint density at radius 2 is 1.76 bits per heavy atom. The number of nitrogens with one attached hydrogen (secondary N) is 1. The molecule has 2 heterocycles. The molecule has 29 heavy (non-hydrogen) atoms. The molecule has 5 nitrogen and oxygen atoms in total. The van der Waals surface area contributed by atoms with E-state index in [1.807, 2.05) is 0 Å². The molecule has 9 heteroatoms. The second-order valence-corrected chi connectivity index (χ2v) is 9.29. The zero-order valence-electron chi connectivity index (χ0n) is 15.1. The van der Waals surface area contributed by atoms with Crippen molar-refractivity contribution in [3.63, 3.8) is 0 Å². The third-order valence-corrected chi connectivity index (χ3v) is 7.80. The van der Waals surface area contributed by atoms with Gasteiger partial charge in [-0.05, 0) is 36.4 Å². The van der Waals surface area contributed by atoms with Crippen LogP contribution in [0.25, 0.3) is 0 Å². The van der Waals surface area contributed by atoms with Crippen molar-refractivity contribution in [3.05, 3.63) is 69.9 Å². The predicted octanol–water partition coefficient (Wildman–Crippen LogP) is 4.34. The topological polar surface area (TPSA) is 72.5 Å². The molecule has 0 saturated carbocycles. The van der Waals surface area contributed by atoms with Crippen LogP contribution < -0.4 is 10.1 Å². The molecule has 0 saturated heterocycles. The van der Waals surface area contributed by atoms with Crippen molar-refractivity contribution in [3.8, 4) is 5.75 Å². The number of hydrogen-bond donors (Lipinski definition) is 1. The van der Waals surface area contributed by atoms with Gasteiger partial charge in [-0.1, -0.05) is 6.07 Å². The van der Waals surface area contributed by atoms with E-state index in [1.165, 1.54) is 42.8 Å². The second kappa shape index (κ2) is 7.23. The molecule has 1 aliphatic rings. The van der Waals surface area contributed by atoms with Crippen molar-refractivity contribution < 1.29 is 26.7 Å². The highest BCUT2D eigenvalue weighted by molar-refractivity contribution is 7.91. The number of methoxy groups -OCH3 is 1. The Morgan fingerprint density at radius 3 is 2.38 bits per heavy atom. The number of thiophene rings is 1. The van der Waals surface area contributed by atoms with E-state index in [9.17, 15) is 22.0 Å². The summed E-state index contributed by atoms with van der Waals surface area (Å²) in [6.07, 6.45) is -0.173. The maximum Gasteiger partial charge on any atom is 0.225 e. The van der Waals surface area contributed by atoms with Crippen molar-refractivity contribution >= 4 is 32.8 Å². The van der Waals surface area contributed by atoms with Crippen LogP contribution in [0.15, 0.2) is 57.6 Å². The highest BCUT2D eigenvalue weighted by Gasteiger charge is 2.36. The highest BCUT2D eigenvalue weighted by atomic mass is 32.2. The molecular formula is C20H15F2NO4S2. The van der Waals surface area contributed by atoms with Gasteiger partial charge in [-0.2, -0.15) is 0 Å². The number of ether oxygens (including phenoxy) is 1. The fourth-order valence-electron chi connectivity index (χ4n) is 3.36. The fraction of sp³-hybridized carbons (Fsp3) is 0.150. The van der Waals surface area contributed by atoms with Crippen molar-refractivity contribution in [1.82, 2.24) is 0 Å². The summed E-state index contributed by atoms with van der Waals surface area (Å²) in [5, 5.41) is 3.96. The Balaban J connectivity index is 1.84. The van der Waals surface area contributed by atoms with Gasteiger partial charge in [0.05, 0.1) is 17.7 Å². The quantitative estimate of drug-likeness (QED) is 0.662. The Labute approximate surface area is 169 Å². The molecule has 1 aromatic heterocycles. The summed E-state index contributed by atoms with van der Waals surface area (Å²) >= 11 is 1.05. The van der Waals surface area contributed by atoms with Gasteiger partial charge in [-0.25, -0.2) is 17.2 Å². The summed E-state index contributed by atoms with van der Waals surface area (Å²) in [4.78, 5) is 12.6. The minimum atomic E-state index is -3.96. The van der Waals surface area contributed by atoms with Crippen molar-refractivity contribution in [1.29, 1.82) is 0 Å². The van der Waals surface area contributed by atoms with Gasteiger partial charge in [0.2, 0.25) is 15.7 Å². The lowest BCUT2D eigenvalue weighted by Crippen LogP contribution is -2.24. The number of sulfone groups is 1. The van der Waals surface area contributed by atoms with Gasteiger partial charge in [0.25, 0.3) is 0 Å². The largest absolute Gasteiger partial charge is 0.497 e. The van der Waals surface area contributed by atoms with Gasteiger partial charge < -0.3 is 10.1 Å². The monoisotopic (exact) mass is 435 g/mol. The number of fused-ring (bicyclic) bond motifs is 1. The van der Waals surface area contributed by atoms with Crippen LogP contribution >= 0.6 is 11.3 Å². The molecule has 1 aliphatic heterocycles. The molecule has 0 spiro atoms. The Morgan fingerprint density at radius 1 is 1.10 bits per heavy atom. The predicted molar refractivity (Wildman–Crippen MR) is 104 cm³/mol. The third-order valence-electron chi connectivity index (χ3n) is 4.76. The van der Waals surface area contributed by atoms with Crippen LogP contribution in [-0.2, 0) is 14.6 Å². The number of amides is 1. The molecule has 1 amide bonds. The molecule has 2 aromatic carbocycles. The number of carbonyl (C=O) groups excluding carboxylic acids is 1. The Bertz CT molecular complexity index is 1180. The van der Waals surface area contributed by atoms with Gasteiger partial charge in [0, 0.05) is 28.2 Å². The lowest BCUT2D eigenvalue weighted by Gasteiger charge is -2.24. The van der Waals surface area contributed by atoms with Crippen LogP contribution in [-0.4, -0.2) is 21.4 Å². The van der Waals surface area contributed by atoms with E-state index in [-0.39, 0.29) is 27.5 Å². The minimum absolute atomic E-state index is 0.0207. The SMILES string of the molecule is COc1ccc(S(=O)(=O)c2csc3c2NC(=O)CC3c2c(F)cccc2F)cc1. The van der Waals surface area contributed by atoms with E-state index < -0.39 is 33.3 Å². The minimum Gasteiger partial charge on any atom is -0.497 e. The molecule has 0 fully saturated rings. The van der Waals surface area contributed by atoms with Crippen molar-refractivity contribution in [2.24, 2.45) is 0 Å². The fourth-order valence-corrected chi connectivity index (χ4v) is 6.25. The lowest BCUT2D eigenvalue weighted by molar-refractivity contribution is -0.116. The van der Waals surface area contributed by atoms with Crippen LogP contribution in [0.4, 0.5) is 14.5 Å². The molecule has 1 atom stereocenters. The van der Waals surface area contributed by atoms with Gasteiger partial charge >= 0.3 is 0 Å². The maximum absolute atomic E-state index is 14.3. The number of halogens is 2. The number of benzene rings is 2. The first kappa shape index (κ1) is 19.5. The van der Waals surface area contributed by atoms with E-state index in [0.29, 0.717) is 10.6 Å². The summed E-state index contributed by atoms with van der Waals surface area (Å²) in [7, 11) is -2.49. The standard InChI is InChI=1S/C20H15F2NO4S2/c1-27-11-5-7-12(8-6-11)29(25,26)16-10-28-20-13(9-17(24)23-19(16)20)18-14(21)3-2-4-15(18)22/h2-8,10,13H,9H2,1H3,(H,23,24). The smallest absolute Gasteiger partial charge is 0.225 e. The molecule has 3 aromatic rings. The van der Waals surface area contributed by atoms with E-state index >= 15 is 0 Å².